The van der Waals surface area contributed by atoms with E-state index in [-0.39, 0.29) is 34.0 Å². The molecule has 26 heteroatoms. The van der Waals surface area contributed by atoms with Crippen LogP contribution in [0.2, 0.25) is 0 Å². The molecule has 516 valence electrons. The van der Waals surface area contributed by atoms with Gasteiger partial charge in [0.05, 0.1) is 54.3 Å². The number of aromatic nitrogens is 8. The van der Waals surface area contributed by atoms with E-state index in [1.165, 1.54) is 34.4 Å². The Kier molecular flexibility index (Phi) is 19.9. The van der Waals surface area contributed by atoms with Gasteiger partial charge in [-0.25, -0.2) is 38.7 Å². The summed E-state index contributed by atoms with van der Waals surface area (Å²) in [5, 5.41) is 5.57. The Bertz CT molecular complexity index is 4480. The summed E-state index contributed by atoms with van der Waals surface area (Å²) in [5.74, 6) is 1.32. The fraction of sp³-hybridized carbons (Fsp3) is 0.211. The first-order chi connectivity index (χ1) is 49.9. The summed E-state index contributed by atoms with van der Waals surface area (Å²) in [5.41, 5.74) is 1.76. The second-order valence-electron chi connectivity index (χ2n) is 23.7. The van der Waals surface area contributed by atoms with Crippen LogP contribution in [-0.4, -0.2) is 129 Å². The van der Waals surface area contributed by atoms with E-state index in [0.29, 0.717) is 67.5 Å². The summed E-state index contributed by atoms with van der Waals surface area (Å²) in [6, 6.07) is 64.7. The molecule has 23 nitrogen and oxygen atoms in total. The number of hydrogen-bond acceptors (Lipinski definition) is 19. The third-order valence-electron chi connectivity index (χ3n) is 18.0. The maximum atomic E-state index is 18.5. The largest absolute Gasteiger partial charge is 0.698 e. The molecule has 2 amide bonds. The lowest BCUT2D eigenvalue weighted by atomic mass is 9.80. The normalized spacial score (nSPS) is 19.0. The van der Waals surface area contributed by atoms with Crippen LogP contribution in [0.3, 0.4) is 0 Å². The lowest BCUT2D eigenvalue weighted by Gasteiger charge is -2.37. The van der Waals surface area contributed by atoms with Crippen molar-refractivity contribution in [2.45, 2.75) is 60.4 Å². The van der Waals surface area contributed by atoms with E-state index in [4.69, 9.17) is 46.9 Å². The molecule has 0 aliphatic carbocycles. The zero-order chi connectivity index (χ0) is 70.3. The summed E-state index contributed by atoms with van der Waals surface area (Å²) in [6.07, 6.45) is -9.46. The Morgan fingerprint density at radius 3 is 1.05 bits per heavy atom. The summed E-state index contributed by atoms with van der Waals surface area (Å²) in [7, 11) is 2.60. The fourth-order valence-corrected chi connectivity index (χ4v) is 13.9. The number of methoxy groups -OCH3 is 4. The number of anilines is 2. The minimum atomic E-state index is -3.62. The Morgan fingerprint density at radius 2 is 0.735 bits per heavy atom. The number of hydrogen-bond donors (Lipinski definition) is 2. The smallest absolute Gasteiger partial charge is 0.497 e. The van der Waals surface area contributed by atoms with Gasteiger partial charge in [0, 0.05) is 15.7 Å². The molecule has 2 N–H and O–H groups in total. The van der Waals surface area contributed by atoms with Gasteiger partial charge in [-0.2, -0.15) is 0 Å². The number of amides is 2. The fourth-order valence-electron chi connectivity index (χ4n) is 12.9. The maximum Gasteiger partial charge on any atom is 0.698 e. The van der Waals surface area contributed by atoms with Crippen molar-refractivity contribution in [1.82, 2.24) is 39.0 Å². The van der Waals surface area contributed by atoms with Crippen LogP contribution in [-0.2, 0) is 43.8 Å². The first-order valence-corrected chi connectivity index (χ1v) is 33.5. The summed E-state index contributed by atoms with van der Waals surface area (Å²) in [6.45, 7) is -0.952. The van der Waals surface area contributed by atoms with Crippen molar-refractivity contribution in [3.63, 3.8) is 0 Å². The van der Waals surface area contributed by atoms with Crippen molar-refractivity contribution in [1.29, 1.82) is 0 Å². The van der Waals surface area contributed by atoms with Gasteiger partial charge < -0.3 is 48.5 Å². The number of ether oxygens (including phenoxy) is 8. The molecule has 2 saturated heterocycles. The Labute approximate surface area is 584 Å². The van der Waals surface area contributed by atoms with Gasteiger partial charge in [0.25, 0.3) is 11.8 Å². The van der Waals surface area contributed by atoms with Crippen molar-refractivity contribution >= 4 is 54.0 Å². The van der Waals surface area contributed by atoms with E-state index in [1.54, 1.807) is 138 Å². The van der Waals surface area contributed by atoms with Crippen molar-refractivity contribution < 1.29 is 69.9 Å². The minimum Gasteiger partial charge on any atom is -0.497 e. The lowest BCUT2D eigenvalue weighted by Crippen LogP contribution is -2.40. The monoisotopic (exact) mass is 1400 g/mol. The SMILES string of the molecule is COc1ccc(C(OC[C@H]2O[C@@H](n3cnc4c(NC(=O)c5ccccc5)ncnc43)[C@@H](F)[C@H]2O[P+](=O)O[C@@H]2[C@H](F)[C@H](n3cnc4c(NC(=O)c5ccccc5)ncnc43)O[C@@H]2COC(c2ccccc2)(c2ccc(OC)cc2)c2ccc(OC)cc2)(c2ccccc2)c2ccc(OC)cc2)cc1. The number of imidazole rings is 2. The minimum absolute atomic E-state index is 0.0219. The first-order valence-electron chi connectivity index (χ1n) is 32.4. The molecule has 2 aliphatic heterocycles. The number of carbonyl (C=O) groups excluding carboxylic acids is 2. The van der Waals surface area contributed by atoms with Gasteiger partial charge >= 0.3 is 8.25 Å². The summed E-state index contributed by atoms with van der Waals surface area (Å²) >= 11 is 0. The van der Waals surface area contributed by atoms with E-state index in [0.717, 1.165) is 0 Å². The molecule has 102 heavy (non-hydrogen) atoms. The van der Waals surface area contributed by atoms with E-state index >= 15 is 13.3 Å². The van der Waals surface area contributed by atoms with Gasteiger partial charge in [0.2, 0.25) is 0 Å². The molecule has 4 aromatic heterocycles. The van der Waals surface area contributed by atoms with Crippen LogP contribution in [0.1, 0.15) is 66.6 Å². The molecule has 2 aliphatic rings. The van der Waals surface area contributed by atoms with Gasteiger partial charge in [-0.15, -0.1) is 9.05 Å². The molecule has 8 atom stereocenters. The van der Waals surface area contributed by atoms with Crippen LogP contribution in [0.4, 0.5) is 20.4 Å². The third kappa shape index (κ3) is 13.3. The molecule has 0 unspecified atom stereocenters. The van der Waals surface area contributed by atoms with E-state index in [1.807, 2.05) is 109 Å². The van der Waals surface area contributed by atoms with Crippen LogP contribution < -0.4 is 29.6 Å². The maximum absolute atomic E-state index is 18.5. The summed E-state index contributed by atoms with van der Waals surface area (Å²) in [4.78, 5) is 53.7. The predicted octanol–water partition coefficient (Wildman–Crippen LogP) is 13.1. The second-order valence-corrected chi connectivity index (χ2v) is 24.6. The van der Waals surface area contributed by atoms with Gasteiger partial charge in [-0.1, -0.05) is 146 Å². The summed E-state index contributed by atoms with van der Waals surface area (Å²) < 4.78 is 118. The predicted molar refractivity (Wildman–Crippen MR) is 371 cm³/mol. The van der Waals surface area contributed by atoms with E-state index < -0.39 is 93.7 Å². The van der Waals surface area contributed by atoms with Crippen LogP contribution in [0.25, 0.3) is 22.3 Å². The highest BCUT2D eigenvalue weighted by Crippen LogP contribution is 2.49. The molecule has 0 bridgehead atoms. The quantitative estimate of drug-likeness (QED) is 0.0377. The number of halogens is 2. The average Bonchev–Trinajstić information content (AvgIpc) is 0.864. The molecular formula is C76H66F2N10O13P+. The number of alkyl halides is 2. The highest BCUT2D eigenvalue weighted by molar-refractivity contribution is 7.33. The molecule has 2 fully saturated rings. The molecule has 0 spiro atoms. The average molecular weight is 1400 g/mol. The number of fused-ring (bicyclic) bond motifs is 2. The molecule has 8 aromatic carbocycles. The molecule has 12 aromatic rings. The van der Waals surface area contributed by atoms with Gasteiger partial charge in [-0.05, 0) is 106 Å². The van der Waals surface area contributed by atoms with Crippen molar-refractivity contribution in [2.24, 2.45) is 0 Å². The van der Waals surface area contributed by atoms with Gasteiger partial charge in [-0.3, -0.25) is 18.7 Å². The van der Waals surface area contributed by atoms with Gasteiger partial charge in [0.15, 0.2) is 71.0 Å². The highest BCUT2D eigenvalue weighted by Gasteiger charge is 2.58. The number of carbonyl (C=O) groups is 2. The first kappa shape index (κ1) is 67.9. The molecular weight excluding hydrogens is 1330 g/mol. The zero-order valence-electron chi connectivity index (χ0n) is 55.2. The number of nitrogens with zero attached hydrogens (tertiary/aromatic N) is 8. The van der Waals surface area contributed by atoms with Crippen LogP contribution in [0.15, 0.2) is 244 Å². The van der Waals surface area contributed by atoms with E-state index in [2.05, 4.69) is 40.5 Å². The molecule has 14 rings (SSSR count). The van der Waals surface area contributed by atoms with Crippen LogP contribution in [0.5, 0.6) is 23.0 Å². The zero-order valence-corrected chi connectivity index (χ0v) is 56.1. The number of rotatable bonds is 26. The standard InChI is InChI=1S/C76H65F2N10O13P/c1-92-55-33-25-51(26-34-55)75(49-21-13-7-14-22-49,52-27-35-56(93-2)36-28-52)96-41-59-65(61(77)73(98-59)87-45-83-63-67(79-43-81-69(63)87)85-71(89)47-17-9-5-10-18-47)100-102(91)101-66-60(99-74(62(66)78)88-46-84-64-68(80-44-82-70(64)88)86-72(90)48-19-11-6-12-20-48)42-97-76(50-23-15-8-16-24-50,53-29-37-57(94-3)38-30-53)54-31-39-58(95-4)40-32-54/h5-40,43-46,59-62,65-66,73-74H,41-42H2,1-4H3,(H-,79,80,81,82,85,86,89,90)/p+1/t59-,60-,61+,62+,65+,66+,73-,74-/m1/s1. The lowest BCUT2D eigenvalue weighted by molar-refractivity contribution is -0.0958. The molecule has 0 radical (unpaired) electrons. The van der Waals surface area contributed by atoms with Crippen molar-refractivity contribution in [3.8, 4) is 23.0 Å². The Morgan fingerprint density at radius 1 is 0.431 bits per heavy atom. The van der Waals surface area contributed by atoms with E-state index in [9.17, 15) is 9.59 Å². The van der Waals surface area contributed by atoms with Crippen molar-refractivity contribution in [3.05, 3.63) is 288 Å². The second kappa shape index (κ2) is 29.9. The molecule has 6 heterocycles. The number of nitrogens with one attached hydrogen (secondary N) is 2. The topological polar surface area (TPSA) is 255 Å². The Balaban J connectivity index is 0.844. The molecule has 0 saturated carbocycles. The van der Waals surface area contributed by atoms with Crippen molar-refractivity contribution in [2.75, 3.05) is 52.3 Å². The van der Waals surface area contributed by atoms with Crippen LogP contribution >= 0.6 is 8.25 Å². The van der Waals surface area contributed by atoms with Crippen LogP contribution in [0, 0.1) is 0 Å². The number of benzene rings is 8. The Hall–Kier alpha value is -11.3. The highest BCUT2D eigenvalue weighted by atomic mass is 31.1. The third-order valence-corrected chi connectivity index (χ3v) is 18.9. The van der Waals surface area contributed by atoms with Gasteiger partial charge in [0.1, 0.15) is 59.1 Å².